The Morgan fingerprint density at radius 3 is 2.77 bits per heavy atom. The molecule has 0 spiro atoms. The lowest BCUT2D eigenvalue weighted by Crippen LogP contribution is -2.32. The fraction of sp³-hybridized carbons (Fsp3) is 0.375. The Balaban J connectivity index is 0.000000847. The summed E-state index contributed by atoms with van der Waals surface area (Å²) < 4.78 is 14.2. The molecule has 0 aliphatic carbocycles. The number of H-pyrrole nitrogens is 1. The fourth-order valence-corrected chi connectivity index (χ4v) is 2.57. The minimum Gasteiger partial charge on any atom is -0.361 e. The van der Waals surface area contributed by atoms with Crippen LogP contribution in [0.25, 0.3) is 16.5 Å². The molecule has 3 rings (SSSR count). The zero-order chi connectivity index (χ0) is 16.3. The third-order valence-electron chi connectivity index (χ3n) is 3.62. The first-order valence-corrected chi connectivity index (χ1v) is 7.35. The highest BCUT2D eigenvalue weighted by Gasteiger charge is 2.23. The quantitative estimate of drug-likeness (QED) is 0.678. The Labute approximate surface area is 128 Å². The van der Waals surface area contributed by atoms with E-state index in [1.54, 1.807) is 12.3 Å². The number of aromatic amines is 1. The Kier molecular flexibility index (Phi) is 4.92. The van der Waals surface area contributed by atoms with E-state index in [0.29, 0.717) is 29.6 Å². The Hall–Kier alpha value is -2.21. The van der Waals surface area contributed by atoms with Gasteiger partial charge in [-0.3, -0.25) is 15.0 Å². The van der Waals surface area contributed by atoms with Crippen molar-refractivity contribution < 1.29 is 9.31 Å². The molecule has 1 aliphatic heterocycles. The molecular formula is C16H20FN3O2. The fourth-order valence-electron chi connectivity index (χ4n) is 2.57. The molecule has 1 aliphatic rings. The Morgan fingerprint density at radius 1 is 1.41 bits per heavy atom. The molecular weight excluding hydrogens is 285 g/mol. The number of nitro benzene ring substituents is 1. The van der Waals surface area contributed by atoms with Gasteiger partial charge in [0.25, 0.3) is 5.69 Å². The SMILES string of the molecule is CC.CN1CC=C(c2c[nH]c3ccc([N+](=O)[O-])cc23)C(F)C1. The van der Waals surface area contributed by atoms with Crippen LogP contribution in [0, 0.1) is 10.1 Å². The van der Waals surface area contributed by atoms with Crippen LogP contribution in [-0.2, 0) is 0 Å². The third kappa shape index (κ3) is 3.01. The largest absolute Gasteiger partial charge is 0.361 e. The van der Waals surface area contributed by atoms with Gasteiger partial charge in [-0.2, -0.15) is 0 Å². The van der Waals surface area contributed by atoms with Crippen LogP contribution in [0.1, 0.15) is 19.4 Å². The molecule has 0 fully saturated rings. The third-order valence-corrected chi connectivity index (χ3v) is 3.62. The molecule has 118 valence electrons. The normalized spacial score (nSPS) is 18.5. The van der Waals surface area contributed by atoms with Gasteiger partial charge in [-0.25, -0.2) is 4.39 Å². The summed E-state index contributed by atoms with van der Waals surface area (Å²) in [5.74, 6) is 0. The van der Waals surface area contributed by atoms with Crippen LogP contribution in [0.15, 0.2) is 30.5 Å². The molecule has 2 heterocycles. The summed E-state index contributed by atoms with van der Waals surface area (Å²) in [5.41, 5.74) is 2.11. The number of nitro groups is 1. The van der Waals surface area contributed by atoms with Gasteiger partial charge in [0.1, 0.15) is 6.17 Å². The van der Waals surface area contributed by atoms with Gasteiger partial charge in [-0.15, -0.1) is 0 Å². The molecule has 1 aromatic carbocycles. The lowest BCUT2D eigenvalue weighted by molar-refractivity contribution is -0.384. The van der Waals surface area contributed by atoms with Crippen molar-refractivity contribution in [2.45, 2.75) is 20.0 Å². The summed E-state index contributed by atoms with van der Waals surface area (Å²) in [6.07, 6.45) is 2.49. The molecule has 0 saturated heterocycles. The maximum Gasteiger partial charge on any atom is 0.270 e. The second-order valence-corrected chi connectivity index (χ2v) is 5.04. The van der Waals surface area contributed by atoms with Crippen molar-refractivity contribution in [3.05, 3.63) is 46.1 Å². The van der Waals surface area contributed by atoms with E-state index >= 15 is 0 Å². The van der Waals surface area contributed by atoms with Crippen molar-refractivity contribution in [2.75, 3.05) is 20.1 Å². The van der Waals surface area contributed by atoms with Crippen LogP contribution < -0.4 is 0 Å². The van der Waals surface area contributed by atoms with Crippen LogP contribution in [0.4, 0.5) is 10.1 Å². The van der Waals surface area contributed by atoms with Gasteiger partial charge in [-0.1, -0.05) is 19.9 Å². The number of halogens is 1. The maximum atomic E-state index is 14.2. The molecule has 1 atom stereocenters. The van der Waals surface area contributed by atoms with E-state index in [2.05, 4.69) is 4.98 Å². The monoisotopic (exact) mass is 305 g/mol. The molecule has 5 nitrogen and oxygen atoms in total. The average molecular weight is 305 g/mol. The van der Waals surface area contributed by atoms with E-state index < -0.39 is 11.1 Å². The topological polar surface area (TPSA) is 62.2 Å². The van der Waals surface area contributed by atoms with E-state index in [0.717, 1.165) is 5.52 Å². The first-order valence-electron chi connectivity index (χ1n) is 7.35. The molecule has 6 heteroatoms. The number of hydrogen-bond donors (Lipinski definition) is 1. The summed E-state index contributed by atoms with van der Waals surface area (Å²) >= 11 is 0. The maximum absolute atomic E-state index is 14.2. The minimum absolute atomic E-state index is 0.0160. The van der Waals surface area contributed by atoms with Crippen LogP contribution in [0.5, 0.6) is 0 Å². The summed E-state index contributed by atoms with van der Waals surface area (Å²) in [5, 5.41) is 11.6. The molecule has 1 N–H and O–H groups in total. The number of hydrogen-bond acceptors (Lipinski definition) is 3. The summed E-state index contributed by atoms with van der Waals surface area (Å²) in [7, 11) is 1.86. The predicted octanol–water partition coefficient (Wildman–Crippen LogP) is 3.77. The first-order chi connectivity index (χ1) is 10.6. The van der Waals surface area contributed by atoms with Crippen molar-refractivity contribution in [1.29, 1.82) is 0 Å². The summed E-state index contributed by atoms with van der Waals surface area (Å²) in [6, 6.07) is 4.59. The van der Waals surface area contributed by atoms with Gasteiger partial charge in [0.15, 0.2) is 0 Å². The van der Waals surface area contributed by atoms with Gasteiger partial charge in [0, 0.05) is 47.9 Å². The van der Waals surface area contributed by atoms with Crippen molar-refractivity contribution in [3.8, 4) is 0 Å². The summed E-state index contributed by atoms with van der Waals surface area (Å²) in [4.78, 5) is 15.4. The molecule has 0 radical (unpaired) electrons. The molecule has 0 bridgehead atoms. The highest BCUT2D eigenvalue weighted by molar-refractivity contribution is 5.95. The molecule has 1 unspecified atom stereocenters. The minimum atomic E-state index is -1.08. The van der Waals surface area contributed by atoms with Gasteiger partial charge in [0.2, 0.25) is 0 Å². The standard InChI is InChI=1S/C14H14FN3O2.C2H6/c1-17-5-4-10(13(15)8-17)12-7-16-14-3-2-9(18(19)20)6-11(12)14;1-2/h2-4,6-7,13,16H,5,8H2,1H3;1-2H3. The number of aromatic nitrogens is 1. The Morgan fingerprint density at radius 2 is 2.14 bits per heavy atom. The van der Waals surface area contributed by atoms with Crippen molar-refractivity contribution in [2.24, 2.45) is 0 Å². The van der Waals surface area contributed by atoms with Crippen LogP contribution in [0.2, 0.25) is 0 Å². The first kappa shape index (κ1) is 16.2. The van der Waals surface area contributed by atoms with Crippen molar-refractivity contribution in [1.82, 2.24) is 9.88 Å². The van der Waals surface area contributed by atoms with E-state index in [1.807, 2.05) is 31.9 Å². The highest BCUT2D eigenvalue weighted by Crippen LogP contribution is 2.32. The van der Waals surface area contributed by atoms with Gasteiger partial charge >= 0.3 is 0 Å². The molecule has 22 heavy (non-hydrogen) atoms. The molecule has 0 amide bonds. The van der Waals surface area contributed by atoms with E-state index in [4.69, 9.17) is 0 Å². The van der Waals surface area contributed by atoms with E-state index in [1.165, 1.54) is 12.1 Å². The van der Waals surface area contributed by atoms with E-state index in [9.17, 15) is 14.5 Å². The highest BCUT2D eigenvalue weighted by atomic mass is 19.1. The van der Waals surface area contributed by atoms with Gasteiger partial charge in [0.05, 0.1) is 4.92 Å². The lowest BCUT2D eigenvalue weighted by Gasteiger charge is -2.25. The molecule has 2 aromatic rings. The number of nitrogens with one attached hydrogen (secondary N) is 1. The average Bonchev–Trinajstić information content (AvgIpc) is 2.92. The summed E-state index contributed by atoms with van der Waals surface area (Å²) in [6.45, 7) is 5.02. The van der Waals surface area contributed by atoms with E-state index in [-0.39, 0.29) is 5.69 Å². The second-order valence-electron chi connectivity index (χ2n) is 5.04. The Bertz CT molecular complexity index is 708. The van der Waals surface area contributed by atoms with Crippen molar-refractivity contribution in [3.63, 3.8) is 0 Å². The zero-order valence-corrected chi connectivity index (χ0v) is 13.0. The number of alkyl halides is 1. The van der Waals surface area contributed by atoms with Gasteiger partial charge < -0.3 is 4.98 Å². The van der Waals surface area contributed by atoms with Crippen LogP contribution in [0.3, 0.4) is 0 Å². The van der Waals surface area contributed by atoms with Crippen molar-refractivity contribution >= 4 is 22.2 Å². The predicted molar refractivity (Wildman–Crippen MR) is 86.7 cm³/mol. The number of fused-ring (bicyclic) bond motifs is 1. The van der Waals surface area contributed by atoms with Gasteiger partial charge in [-0.05, 0) is 18.7 Å². The smallest absolute Gasteiger partial charge is 0.270 e. The number of rotatable bonds is 2. The second kappa shape index (κ2) is 6.70. The number of likely N-dealkylation sites (N-methyl/N-ethyl adjacent to an activating group) is 1. The number of nitrogens with zero attached hydrogens (tertiary/aromatic N) is 2. The number of non-ortho nitro benzene ring substituents is 1. The van der Waals surface area contributed by atoms with Crippen LogP contribution in [-0.4, -0.2) is 41.1 Å². The number of benzene rings is 1. The van der Waals surface area contributed by atoms with Crippen LogP contribution >= 0.6 is 0 Å². The lowest BCUT2D eigenvalue weighted by atomic mass is 9.97. The zero-order valence-electron chi connectivity index (χ0n) is 13.0. The molecule has 1 aromatic heterocycles. The molecule has 0 saturated carbocycles.